The van der Waals surface area contributed by atoms with Crippen molar-refractivity contribution in [2.45, 2.75) is 44.4 Å². The number of carbonyl (C=O) groups is 3. The van der Waals surface area contributed by atoms with Gasteiger partial charge in [0.2, 0.25) is 11.8 Å². The minimum Gasteiger partial charge on any atom is -0.368 e. The lowest BCUT2D eigenvalue weighted by Gasteiger charge is -2.36. The number of rotatable bonds is 8. The van der Waals surface area contributed by atoms with Crippen LogP contribution in [0, 0.1) is 0 Å². The van der Waals surface area contributed by atoms with Crippen LogP contribution >= 0.6 is 11.8 Å². The Morgan fingerprint density at radius 3 is 2.34 bits per heavy atom. The predicted octanol–water partition coefficient (Wildman–Crippen LogP) is 5.10. The molecule has 1 saturated heterocycles. The summed E-state index contributed by atoms with van der Waals surface area (Å²) in [7, 11) is 0. The lowest BCUT2D eigenvalue weighted by molar-refractivity contribution is -0.135. The largest absolute Gasteiger partial charge is 0.368 e. The number of piperazine rings is 1. The fourth-order valence-electron chi connectivity index (χ4n) is 5.66. The van der Waals surface area contributed by atoms with Crippen LogP contribution in [0.3, 0.4) is 0 Å². The zero-order chi connectivity index (χ0) is 30.6. The summed E-state index contributed by atoms with van der Waals surface area (Å²) in [5.74, 6) is -0.0444. The minimum atomic E-state index is -0.840. The Bertz CT molecular complexity index is 1600. The molecule has 3 heterocycles. The van der Waals surface area contributed by atoms with Gasteiger partial charge in [-0.2, -0.15) is 0 Å². The van der Waals surface area contributed by atoms with E-state index in [9.17, 15) is 14.4 Å². The van der Waals surface area contributed by atoms with E-state index in [-0.39, 0.29) is 24.1 Å². The third-order valence-electron chi connectivity index (χ3n) is 8.21. The van der Waals surface area contributed by atoms with Crippen molar-refractivity contribution < 1.29 is 14.4 Å². The summed E-state index contributed by atoms with van der Waals surface area (Å²) in [5.41, 5.74) is 4.49. The molecular formula is C34H36N6O3S. The number of fused-ring (bicyclic) bond motifs is 3. The maximum absolute atomic E-state index is 13.8. The number of amidine groups is 2. The van der Waals surface area contributed by atoms with Crippen LogP contribution in [0.15, 0.2) is 88.8 Å². The van der Waals surface area contributed by atoms with Gasteiger partial charge in [-0.05, 0) is 54.8 Å². The smallest absolute Gasteiger partial charge is 0.259 e. The van der Waals surface area contributed by atoms with E-state index in [2.05, 4.69) is 29.3 Å². The summed E-state index contributed by atoms with van der Waals surface area (Å²) in [4.78, 5) is 55.7. The van der Waals surface area contributed by atoms with Gasteiger partial charge in [0.25, 0.3) is 5.91 Å². The molecule has 3 aromatic rings. The van der Waals surface area contributed by atoms with Gasteiger partial charge in [0.1, 0.15) is 11.9 Å². The average Bonchev–Trinajstić information content (AvgIpc) is 3.40. The van der Waals surface area contributed by atoms with Gasteiger partial charge in [0, 0.05) is 43.1 Å². The molecule has 0 unspecified atom stereocenters. The third kappa shape index (κ3) is 6.12. The van der Waals surface area contributed by atoms with Crippen LogP contribution in [0.2, 0.25) is 0 Å². The zero-order valence-electron chi connectivity index (χ0n) is 25.0. The molecule has 1 N–H and O–H groups in total. The number of aryl methyl sites for hydroxylation is 1. The number of hydrogen-bond donors (Lipinski definition) is 1. The van der Waals surface area contributed by atoms with Crippen molar-refractivity contribution in [3.63, 3.8) is 0 Å². The molecule has 0 aliphatic carbocycles. The number of anilines is 2. The van der Waals surface area contributed by atoms with Crippen LogP contribution in [-0.4, -0.2) is 76.0 Å². The first kappa shape index (κ1) is 29.6. The highest BCUT2D eigenvalue weighted by atomic mass is 32.2. The summed E-state index contributed by atoms with van der Waals surface area (Å²) >= 11 is 1.25. The SMILES string of the molecule is CCc1ccc(NC(=O)[C@@H](CC)SC2=Nc3ccccc3C3=N[C@@H](CC(=O)N4CCN(c5ccccc5)CC4)C(=O)N23)cc1. The van der Waals surface area contributed by atoms with Crippen LogP contribution in [0.4, 0.5) is 17.1 Å². The van der Waals surface area contributed by atoms with Crippen LogP contribution in [0.25, 0.3) is 0 Å². The van der Waals surface area contributed by atoms with Crippen molar-refractivity contribution in [2.75, 3.05) is 36.4 Å². The van der Waals surface area contributed by atoms with Crippen LogP contribution in [-0.2, 0) is 20.8 Å². The quantitative estimate of drug-likeness (QED) is 0.384. The molecular weight excluding hydrogens is 572 g/mol. The lowest BCUT2D eigenvalue weighted by Crippen LogP contribution is -2.50. The number of aliphatic imine (C=N–C) groups is 2. The maximum atomic E-state index is 13.8. The Kier molecular flexibility index (Phi) is 8.79. The monoisotopic (exact) mass is 608 g/mol. The summed E-state index contributed by atoms with van der Waals surface area (Å²) in [6.45, 7) is 6.68. The topological polar surface area (TPSA) is 97.7 Å². The molecule has 2 atom stereocenters. The molecule has 0 bridgehead atoms. The highest BCUT2D eigenvalue weighted by Gasteiger charge is 2.43. The van der Waals surface area contributed by atoms with Gasteiger partial charge in [-0.1, -0.05) is 68.1 Å². The van der Waals surface area contributed by atoms with Crippen molar-refractivity contribution in [3.8, 4) is 0 Å². The first-order chi connectivity index (χ1) is 21.4. The molecule has 0 aromatic heterocycles. The van der Waals surface area contributed by atoms with Crippen LogP contribution < -0.4 is 10.2 Å². The summed E-state index contributed by atoms with van der Waals surface area (Å²) in [5, 5.41) is 2.93. The fourth-order valence-corrected chi connectivity index (χ4v) is 6.68. The minimum absolute atomic E-state index is 0.00423. The van der Waals surface area contributed by atoms with E-state index >= 15 is 0 Å². The van der Waals surface area contributed by atoms with Gasteiger partial charge in [-0.25, -0.2) is 9.89 Å². The molecule has 6 rings (SSSR count). The molecule has 0 spiro atoms. The van der Waals surface area contributed by atoms with Gasteiger partial charge in [0.05, 0.1) is 17.4 Å². The Balaban J connectivity index is 1.16. The lowest BCUT2D eigenvalue weighted by atomic mass is 10.1. The first-order valence-corrected chi connectivity index (χ1v) is 16.1. The molecule has 3 amide bonds. The van der Waals surface area contributed by atoms with Crippen molar-refractivity contribution in [3.05, 3.63) is 90.0 Å². The Labute approximate surface area is 262 Å². The number of amides is 3. The average molecular weight is 609 g/mol. The van der Waals surface area contributed by atoms with E-state index in [4.69, 9.17) is 9.98 Å². The Morgan fingerprint density at radius 1 is 0.932 bits per heavy atom. The Morgan fingerprint density at radius 2 is 1.64 bits per heavy atom. The number of carbonyl (C=O) groups excluding carboxylic acids is 3. The van der Waals surface area contributed by atoms with Crippen molar-refractivity contribution in [1.29, 1.82) is 0 Å². The van der Waals surface area contributed by atoms with E-state index in [1.54, 1.807) is 0 Å². The van der Waals surface area contributed by atoms with Gasteiger partial charge in [-0.15, -0.1) is 0 Å². The van der Waals surface area contributed by atoms with E-state index < -0.39 is 11.3 Å². The molecule has 44 heavy (non-hydrogen) atoms. The van der Waals surface area contributed by atoms with Crippen LogP contribution in [0.5, 0.6) is 0 Å². The molecule has 9 nitrogen and oxygen atoms in total. The molecule has 226 valence electrons. The standard InChI is InChI=1S/C34H36N6O3S/c1-3-23-14-16-24(17-15-23)35-32(42)29(4-2)44-34-37-27-13-9-8-12-26(27)31-36-28(33(43)40(31)34)22-30(41)39-20-18-38(19-21-39)25-10-6-5-7-11-25/h5-17,28-29H,3-4,18-22H2,1-2H3,(H,35,42)/t28-,29+/m0/s1. The maximum Gasteiger partial charge on any atom is 0.259 e. The van der Waals surface area contributed by atoms with Gasteiger partial charge in [-0.3, -0.25) is 19.4 Å². The predicted molar refractivity (Wildman–Crippen MR) is 177 cm³/mol. The molecule has 0 saturated carbocycles. The number of benzene rings is 3. The van der Waals surface area contributed by atoms with Gasteiger partial charge in [0.15, 0.2) is 5.17 Å². The van der Waals surface area contributed by atoms with Crippen molar-refractivity contribution in [2.24, 2.45) is 9.98 Å². The summed E-state index contributed by atoms with van der Waals surface area (Å²) in [6, 6.07) is 24.7. The number of hydrogen-bond acceptors (Lipinski definition) is 7. The Hall–Kier alpha value is -4.44. The zero-order valence-corrected chi connectivity index (χ0v) is 25.8. The van der Waals surface area contributed by atoms with Crippen LogP contribution in [0.1, 0.15) is 37.8 Å². The van der Waals surface area contributed by atoms with E-state index in [0.717, 1.165) is 36.4 Å². The molecule has 3 aromatic carbocycles. The van der Waals surface area contributed by atoms with E-state index in [0.29, 0.717) is 36.2 Å². The molecule has 3 aliphatic rings. The second kappa shape index (κ2) is 13.1. The number of thioether (sulfide) groups is 1. The van der Waals surface area contributed by atoms with E-state index in [1.165, 1.54) is 22.2 Å². The van der Waals surface area contributed by atoms with Gasteiger partial charge >= 0.3 is 0 Å². The fraction of sp³-hybridized carbons (Fsp3) is 0.324. The second-order valence-electron chi connectivity index (χ2n) is 11.0. The van der Waals surface area contributed by atoms with Crippen molar-refractivity contribution >= 4 is 57.5 Å². The third-order valence-corrected chi connectivity index (χ3v) is 9.53. The first-order valence-electron chi connectivity index (χ1n) is 15.2. The highest BCUT2D eigenvalue weighted by molar-refractivity contribution is 8.15. The number of para-hydroxylation sites is 2. The normalized spacial score (nSPS) is 18.3. The molecule has 10 heteroatoms. The van der Waals surface area contributed by atoms with Crippen molar-refractivity contribution in [1.82, 2.24) is 9.80 Å². The molecule has 1 fully saturated rings. The van der Waals surface area contributed by atoms with E-state index in [1.807, 2.05) is 78.6 Å². The highest BCUT2D eigenvalue weighted by Crippen LogP contribution is 2.36. The second-order valence-corrected chi connectivity index (χ2v) is 12.2. The number of nitrogens with one attached hydrogen (secondary N) is 1. The summed E-state index contributed by atoms with van der Waals surface area (Å²) in [6.07, 6.45) is 1.46. The summed E-state index contributed by atoms with van der Waals surface area (Å²) < 4.78 is 0. The number of nitrogens with zero attached hydrogens (tertiary/aromatic N) is 5. The van der Waals surface area contributed by atoms with Gasteiger partial charge < -0.3 is 15.1 Å². The molecule has 0 radical (unpaired) electrons. The molecule has 3 aliphatic heterocycles.